The number of rotatable bonds is 6. The third kappa shape index (κ3) is 5.56. The van der Waals surface area contributed by atoms with E-state index in [1.54, 1.807) is 6.07 Å². The third-order valence-corrected chi connectivity index (χ3v) is 7.95. The van der Waals surface area contributed by atoms with E-state index in [2.05, 4.69) is 27.4 Å². The fourth-order valence-electron chi connectivity index (χ4n) is 5.69. The van der Waals surface area contributed by atoms with Gasteiger partial charge in [0, 0.05) is 11.6 Å². The number of hydrogen-bond donors (Lipinski definition) is 3. The number of aromatic amines is 1. The molecule has 0 bridgehead atoms. The average molecular weight is 557 g/mol. The van der Waals surface area contributed by atoms with Crippen LogP contribution in [0, 0.1) is 0 Å². The Morgan fingerprint density at radius 3 is 2.59 bits per heavy atom. The first-order valence-electron chi connectivity index (χ1n) is 13.6. The first kappa shape index (κ1) is 26.3. The number of hydrogen-bond acceptors (Lipinski definition) is 8. The number of nitrogens with one attached hydrogen (secondary N) is 2. The lowest BCUT2D eigenvalue weighted by molar-refractivity contribution is 0.00706. The lowest BCUT2D eigenvalue weighted by atomic mass is 9.82. The maximum absolute atomic E-state index is 11.9. The smallest absolute Gasteiger partial charge is 0.407 e. The van der Waals surface area contributed by atoms with Crippen molar-refractivity contribution in [3.8, 4) is 17.3 Å². The Balaban J connectivity index is 1.10. The van der Waals surface area contributed by atoms with Crippen molar-refractivity contribution in [1.82, 2.24) is 20.3 Å². The number of fused-ring (bicyclic) bond motifs is 2. The molecule has 10 nitrogen and oxygen atoms in total. The highest BCUT2D eigenvalue weighted by molar-refractivity contribution is 6.33. The lowest BCUT2D eigenvalue weighted by Crippen LogP contribution is -2.34. The second kappa shape index (κ2) is 10.9. The van der Waals surface area contributed by atoms with Crippen LogP contribution in [0.4, 0.5) is 4.79 Å². The van der Waals surface area contributed by atoms with E-state index < -0.39 is 6.10 Å². The molecular formula is C28H33ClN4O6. The minimum Gasteiger partial charge on any atom is -0.456 e. The standard InChI is InChI=1S/C28H33ClN4O6/c1-14(2)30-28(35)38-18-9-7-16(8-10-18)15-3-5-17(6-4-15)23-19(29)11-20-26(32-23)33-27(31-20)39-22-13-37-24-21(34)12-36-25(22)24/h3-6,11,14,16,18,21-22,24-25,34H,7-10,12-13H2,1-2H3,(H,30,35)(H,31,32,33). The van der Waals surface area contributed by atoms with Gasteiger partial charge in [-0.15, -0.1) is 0 Å². The molecule has 1 aromatic carbocycles. The highest BCUT2D eigenvalue weighted by atomic mass is 35.5. The molecule has 4 heterocycles. The van der Waals surface area contributed by atoms with E-state index in [9.17, 15) is 9.90 Å². The van der Waals surface area contributed by atoms with Crippen molar-refractivity contribution in [3.63, 3.8) is 0 Å². The zero-order chi connectivity index (χ0) is 27.1. The number of ether oxygens (including phenoxy) is 4. The number of carbonyl (C=O) groups excluding carboxylic acids is 1. The SMILES string of the molecule is CC(C)NC(=O)OC1CCC(c2ccc(-c3nc4nc(OC5COC6C(O)COC56)[nH]c4cc3Cl)cc2)CC1. The van der Waals surface area contributed by atoms with Crippen LogP contribution in [0.5, 0.6) is 6.01 Å². The van der Waals surface area contributed by atoms with Crippen LogP contribution in [0.3, 0.4) is 0 Å². The maximum Gasteiger partial charge on any atom is 0.407 e. The van der Waals surface area contributed by atoms with Crippen molar-refractivity contribution in [2.45, 2.75) is 82.0 Å². The summed E-state index contributed by atoms with van der Waals surface area (Å²) in [4.78, 5) is 24.2. The Hall–Kier alpha value is -2.92. The molecule has 11 heteroatoms. The number of aliphatic hydroxyl groups excluding tert-OH is 1. The molecule has 6 rings (SSSR count). The van der Waals surface area contributed by atoms with Crippen molar-refractivity contribution in [2.24, 2.45) is 0 Å². The summed E-state index contributed by atoms with van der Waals surface area (Å²) in [6, 6.07) is 10.5. The average Bonchev–Trinajstić information content (AvgIpc) is 3.60. The monoisotopic (exact) mass is 556 g/mol. The van der Waals surface area contributed by atoms with Crippen molar-refractivity contribution in [3.05, 3.63) is 40.9 Å². The number of H-pyrrole nitrogens is 1. The molecule has 1 amide bonds. The molecule has 2 saturated heterocycles. The van der Waals surface area contributed by atoms with Gasteiger partial charge >= 0.3 is 6.09 Å². The van der Waals surface area contributed by atoms with Crippen molar-refractivity contribution in [1.29, 1.82) is 0 Å². The van der Waals surface area contributed by atoms with Crippen LogP contribution in [0.2, 0.25) is 5.02 Å². The molecule has 1 saturated carbocycles. The van der Waals surface area contributed by atoms with Gasteiger partial charge in [0.25, 0.3) is 6.01 Å². The normalized spacial score (nSPS) is 28.5. The first-order chi connectivity index (χ1) is 18.8. The predicted molar refractivity (Wildman–Crippen MR) is 144 cm³/mol. The molecule has 4 unspecified atom stereocenters. The number of aliphatic hydroxyl groups is 1. The zero-order valence-corrected chi connectivity index (χ0v) is 22.7. The molecule has 39 heavy (non-hydrogen) atoms. The summed E-state index contributed by atoms with van der Waals surface area (Å²) in [6.07, 6.45) is 1.57. The molecule has 3 aromatic rings. The Morgan fingerprint density at radius 1 is 1.10 bits per heavy atom. The number of amides is 1. The van der Waals surface area contributed by atoms with Gasteiger partial charge in [0.05, 0.1) is 29.4 Å². The van der Waals surface area contributed by atoms with E-state index in [4.69, 9.17) is 35.5 Å². The summed E-state index contributed by atoms with van der Waals surface area (Å²) >= 11 is 6.62. The minimum absolute atomic E-state index is 0.0309. The van der Waals surface area contributed by atoms with Gasteiger partial charge in [-0.2, -0.15) is 4.98 Å². The van der Waals surface area contributed by atoms with Crippen LogP contribution in [-0.4, -0.2) is 75.9 Å². The minimum atomic E-state index is -0.638. The summed E-state index contributed by atoms with van der Waals surface area (Å²) in [5.41, 5.74) is 3.97. The van der Waals surface area contributed by atoms with Crippen LogP contribution in [-0.2, 0) is 14.2 Å². The summed E-state index contributed by atoms with van der Waals surface area (Å²) in [7, 11) is 0. The van der Waals surface area contributed by atoms with Crippen LogP contribution in [0.15, 0.2) is 30.3 Å². The van der Waals surface area contributed by atoms with E-state index in [1.165, 1.54) is 5.56 Å². The summed E-state index contributed by atoms with van der Waals surface area (Å²) in [5, 5.41) is 13.2. The van der Waals surface area contributed by atoms with Gasteiger partial charge in [0.1, 0.15) is 24.4 Å². The van der Waals surface area contributed by atoms with E-state index >= 15 is 0 Å². The van der Waals surface area contributed by atoms with E-state index in [0.29, 0.717) is 40.4 Å². The Morgan fingerprint density at radius 2 is 1.85 bits per heavy atom. The number of benzene rings is 1. The molecule has 2 aromatic heterocycles. The van der Waals surface area contributed by atoms with Crippen molar-refractivity contribution < 1.29 is 28.8 Å². The number of aromatic nitrogens is 3. The number of alkyl carbamates (subject to hydrolysis) is 1. The number of nitrogens with zero attached hydrogens (tertiary/aromatic N) is 2. The number of carbonyl (C=O) groups is 1. The Kier molecular flexibility index (Phi) is 7.37. The maximum atomic E-state index is 11.9. The van der Waals surface area contributed by atoms with Crippen LogP contribution in [0.25, 0.3) is 22.4 Å². The molecule has 3 N–H and O–H groups in total. The molecule has 4 atom stereocenters. The largest absolute Gasteiger partial charge is 0.456 e. The number of pyridine rings is 1. The van der Waals surface area contributed by atoms with E-state index in [-0.39, 0.29) is 43.2 Å². The van der Waals surface area contributed by atoms with Gasteiger partial charge < -0.3 is 34.4 Å². The topological polar surface area (TPSA) is 128 Å². The first-order valence-corrected chi connectivity index (χ1v) is 13.9. The summed E-state index contributed by atoms with van der Waals surface area (Å²) < 4.78 is 22.8. The molecule has 3 aliphatic rings. The van der Waals surface area contributed by atoms with Crippen molar-refractivity contribution >= 4 is 28.9 Å². The van der Waals surface area contributed by atoms with Crippen LogP contribution in [0.1, 0.15) is 51.0 Å². The van der Waals surface area contributed by atoms with Crippen LogP contribution < -0.4 is 10.1 Å². The highest BCUT2D eigenvalue weighted by Gasteiger charge is 2.48. The highest BCUT2D eigenvalue weighted by Crippen LogP contribution is 2.36. The Bertz CT molecular complexity index is 1320. The lowest BCUT2D eigenvalue weighted by Gasteiger charge is -2.29. The fourth-order valence-corrected chi connectivity index (χ4v) is 5.95. The van der Waals surface area contributed by atoms with Gasteiger partial charge in [-0.05, 0) is 57.1 Å². The van der Waals surface area contributed by atoms with Gasteiger partial charge in [0.2, 0.25) is 0 Å². The number of halogens is 1. The molecule has 2 aliphatic heterocycles. The summed E-state index contributed by atoms with van der Waals surface area (Å²) in [6.45, 7) is 4.39. The van der Waals surface area contributed by atoms with Gasteiger partial charge in [-0.3, -0.25) is 0 Å². The second-order valence-electron chi connectivity index (χ2n) is 10.9. The quantitative estimate of drug-likeness (QED) is 0.409. The Labute approximate surface area is 231 Å². The summed E-state index contributed by atoms with van der Waals surface area (Å²) in [5.74, 6) is 0.424. The van der Waals surface area contributed by atoms with Crippen molar-refractivity contribution in [2.75, 3.05) is 13.2 Å². The van der Waals surface area contributed by atoms with E-state index in [0.717, 1.165) is 31.2 Å². The third-order valence-electron chi connectivity index (χ3n) is 7.66. The molecule has 208 valence electrons. The fraction of sp³-hybridized carbons (Fsp3) is 0.536. The van der Waals surface area contributed by atoms with Gasteiger partial charge in [-0.25, -0.2) is 9.78 Å². The predicted octanol–water partition coefficient (Wildman–Crippen LogP) is 4.35. The van der Waals surface area contributed by atoms with Gasteiger partial charge in [-0.1, -0.05) is 35.9 Å². The van der Waals surface area contributed by atoms with E-state index in [1.807, 2.05) is 26.0 Å². The molecule has 0 radical (unpaired) electrons. The number of imidazole rings is 1. The van der Waals surface area contributed by atoms with Gasteiger partial charge in [0.15, 0.2) is 11.8 Å². The molecule has 1 aliphatic carbocycles. The molecule has 3 fully saturated rings. The van der Waals surface area contributed by atoms with Crippen LogP contribution >= 0.6 is 11.6 Å². The zero-order valence-electron chi connectivity index (χ0n) is 21.9. The second-order valence-corrected chi connectivity index (χ2v) is 11.3. The molecule has 0 spiro atoms. The molecular weight excluding hydrogens is 524 g/mol.